The molecule has 0 spiro atoms. The summed E-state index contributed by atoms with van der Waals surface area (Å²) in [4.78, 5) is 8.29. The van der Waals surface area contributed by atoms with Crippen molar-refractivity contribution in [1.82, 2.24) is 29.2 Å². The van der Waals surface area contributed by atoms with Crippen molar-refractivity contribution in [2.75, 3.05) is 20.1 Å². The van der Waals surface area contributed by atoms with Crippen molar-refractivity contribution >= 4 is 40.4 Å². The van der Waals surface area contributed by atoms with Crippen molar-refractivity contribution in [3.63, 3.8) is 0 Å². The lowest BCUT2D eigenvalue weighted by atomic mass is 9.89. The highest BCUT2D eigenvalue weighted by Gasteiger charge is 2.48. The molecule has 4 heterocycles. The molecule has 1 N–H and O–H groups in total. The Morgan fingerprint density at radius 2 is 2.00 bits per heavy atom. The van der Waals surface area contributed by atoms with Gasteiger partial charge in [0.2, 0.25) is 0 Å². The number of fused-ring (bicyclic) bond motifs is 1. The van der Waals surface area contributed by atoms with Gasteiger partial charge in [-0.25, -0.2) is 4.98 Å². The van der Waals surface area contributed by atoms with E-state index in [1.165, 1.54) is 29.7 Å². The molecule has 0 radical (unpaired) electrons. The highest BCUT2D eigenvalue weighted by molar-refractivity contribution is 7.97. The van der Waals surface area contributed by atoms with Crippen molar-refractivity contribution in [3.05, 3.63) is 28.0 Å². The van der Waals surface area contributed by atoms with Gasteiger partial charge in [0.05, 0.1) is 11.6 Å². The molecule has 3 aromatic rings. The minimum atomic E-state index is -0.448. The lowest BCUT2D eigenvalue weighted by Crippen LogP contribution is -2.29. The molecule has 0 unspecified atom stereocenters. The van der Waals surface area contributed by atoms with Gasteiger partial charge in [-0.05, 0) is 95.1 Å². The van der Waals surface area contributed by atoms with Gasteiger partial charge in [-0.3, -0.25) is 9.12 Å². The Morgan fingerprint density at radius 3 is 2.67 bits per heavy atom. The van der Waals surface area contributed by atoms with Crippen LogP contribution < -0.4 is 4.72 Å². The summed E-state index contributed by atoms with van der Waals surface area (Å²) in [5.74, 6) is 1.16. The number of hydrogen-bond acceptors (Lipinski definition) is 8. The van der Waals surface area contributed by atoms with Crippen molar-refractivity contribution in [2.45, 2.75) is 67.2 Å². The van der Waals surface area contributed by atoms with Gasteiger partial charge in [-0.1, -0.05) is 22.9 Å². The average molecular weight is 500 g/mol. The molecule has 3 aromatic heterocycles. The number of nitriles is 1. The Bertz CT molecular complexity index is 1260. The highest BCUT2D eigenvalue weighted by atomic mass is 35.5. The van der Waals surface area contributed by atoms with Crippen LogP contribution in [0.25, 0.3) is 16.3 Å². The summed E-state index contributed by atoms with van der Waals surface area (Å²) < 4.78 is 5.74. The van der Waals surface area contributed by atoms with E-state index >= 15 is 0 Å². The smallest absolute Gasteiger partial charge is 0.184 e. The topological polar surface area (TPSA) is 82.1 Å². The Hall–Kier alpha value is -1.70. The Labute approximate surface area is 206 Å². The molecule has 0 amide bonds. The second-order valence-corrected chi connectivity index (χ2v) is 12.2. The summed E-state index contributed by atoms with van der Waals surface area (Å²) in [7, 11) is 2.18. The second kappa shape index (κ2) is 7.92. The molecule has 3 fully saturated rings. The third-order valence-electron chi connectivity index (χ3n) is 7.26. The number of likely N-dealkylation sites (tertiary alicyclic amines) is 1. The molecule has 1 aliphatic heterocycles. The average Bonchev–Trinajstić information content (AvgIpc) is 3.69. The fourth-order valence-electron chi connectivity index (χ4n) is 4.49. The van der Waals surface area contributed by atoms with Crippen molar-refractivity contribution < 1.29 is 0 Å². The monoisotopic (exact) mass is 499 g/mol. The minimum absolute atomic E-state index is 0.229. The van der Waals surface area contributed by atoms with E-state index < -0.39 is 5.41 Å². The maximum absolute atomic E-state index is 9.56. The predicted octanol–water partition coefficient (Wildman–Crippen LogP) is 5.02. The predicted molar refractivity (Wildman–Crippen MR) is 132 cm³/mol. The largest absolute Gasteiger partial charge is 0.306 e. The molecule has 0 atom stereocenters. The minimum Gasteiger partial charge on any atom is -0.306 e. The number of rotatable bonds is 6. The van der Waals surface area contributed by atoms with Crippen LogP contribution in [0.4, 0.5) is 0 Å². The Morgan fingerprint density at radius 1 is 1.24 bits per heavy atom. The van der Waals surface area contributed by atoms with E-state index in [0.29, 0.717) is 21.9 Å². The Kier molecular flexibility index (Phi) is 5.24. The number of nitrogens with one attached hydrogen (secondary N) is 1. The number of pyridine rings is 1. The quantitative estimate of drug-likeness (QED) is 0.477. The molecule has 172 valence electrons. The second-order valence-electron chi connectivity index (χ2n) is 10.0. The van der Waals surface area contributed by atoms with Crippen LogP contribution in [0, 0.1) is 11.3 Å². The van der Waals surface area contributed by atoms with E-state index in [0.717, 1.165) is 54.2 Å². The molecule has 6 rings (SSSR count). The summed E-state index contributed by atoms with van der Waals surface area (Å²) >= 11 is 9.93. The molecular weight excluding hydrogens is 474 g/mol. The third-order valence-corrected chi connectivity index (χ3v) is 9.70. The zero-order chi connectivity index (χ0) is 22.8. The summed E-state index contributed by atoms with van der Waals surface area (Å²) in [6, 6.07) is 4.71. The van der Waals surface area contributed by atoms with Gasteiger partial charge in [0.15, 0.2) is 16.0 Å². The van der Waals surface area contributed by atoms with Crippen molar-refractivity contribution in [3.8, 4) is 16.9 Å². The van der Waals surface area contributed by atoms with Gasteiger partial charge in [0.25, 0.3) is 0 Å². The van der Waals surface area contributed by atoms with E-state index in [9.17, 15) is 5.26 Å². The van der Waals surface area contributed by atoms with Crippen LogP contribution in [0.3, 0.4) is 0 Å². The molecule has 2 saturated carbocycles. The van der Waals surface area contributed by atoms with Gasteiger partial charge in [0.1, 0.15) is 10.4 Å². The van der Waals surface area contributed by atoms with E-state index in [4.69, 9.17) is 16.6 Å². The van der Waals surface area contributed by atoms with Gasteiger partial charge in [-0.15, -0.1) is 10.2 Å². The number of halogens is 1. The summed E-state index contributed by atoms with van der Waals surface area (Å²) in [5, 5.41) is 20.4. The van der Waals surface area contributed by atoms with Crippen LogP contribution in [-0.2, 0) is 5.41 Å². The maximum atomic E-state index is 9.56. The molecule has 2 aliphatic carbocycles. The van der Waals surface area contributed by atoms with E-state index in [2.05, 4.69) is 56.5 Å². The molecule has 33 heavy (non-hydrogen) atoms. The molecule has 0 aromatic carbocycles. The van der Waals surface area contributed by atoms with Gasteiger partial charge in [-0.2, -0.15) is 5.26 Å². The summed E-state index contributed by atoms with van der Waals surface area (Å²) in [5.41, 5.74) is 2.02. The summed E-state index contributed by atoms with van der Waals surface area (Å²) in [6.45, 7) is 4.43. The lowest BCUT2D eigenvalue weighted by Gasteiger charge is -2.30. The van der Waals surface area contributed by atoms with Crippen LogP contribution >= 0.6 is 34.9 Å². The van der Waals surface area contributed by atoms with Gasteiger partial charge < -0.3 is 4.90 Å². The van der Waals surface area contributed by atoms with Crippen molar-refractivity contribution in [1.29, 1.82) is 5.26 Å². The van der Waals surface area contributed by atoms with Crippen LogP contribution in [0.5, 0.6) is 0 Å². The molecule has 3 aliphatic rings. The van der Waals surface area contributed by atoms with Crippen molar-refractivity contribution in [2.24, 2.45) is 0 Å². The first-order valence-electron chi connectivity index (χ1n) is 11.5. The van der Waals surface area contributed by atoms with Crippen LogP contribution in [0.1, 0.15) is 61.9 Å². The zero-order valence-corrected chi connectivity index (χ0v) is 21.2. The van der Waals surface area contributed by atoms with E-state index in [1.807, 2.05) is 0 Å². The fourth-order valence-corrected chi connectivity index (χ4v) is 6.71. The molecule has 10 heteroatoms. The first-order valence-corrected chi connectivity index (χ1v) is 13.5. The molecular formula is C23H26ClN7S2. The molecule has 0 bridgehead atoms. The zero-order valence-electron chi connectivity index (χ0n) is 18.8. The van der Waals surface area contributed by atoms with Gasteiger partial charge in [0, 0.05) is 16.6 Å². The normalized spacial score (nSPS) is 21.9. The van der Waals surface area contributed by atoms with E-state index in [1.54, 1.807) is 11.9 Å². The van der Waals surface area contributed by atoms with Gasteiger partial charge >= 0.3 is 0 Å². The number of hydrogen-bond donors (Lipinski definition) is 1. The summed E-state index contributed by atoms with van der Waals surface area (Å²) in [6.07, 6.45) is 8.45. The lowest BCUT2D eigenvalue weighted by molar-refractivity contribution is 0.255. The first kappa shape index (κ1) is 21.8. The number of aromatic nitrogens is 4. The molecule has 1 saturated heterocycles. The van der Waals surface area contributed by atoms with E-state index in [-0.39, 0.29) is 5.54 Å². The first-order chi connectivity index (χ1) is 15.9. The SMILES string of the molecule is CN1CCC(c2cc(SNC3(C)CC3)cn3c(-c4nnc(C5(C#N)CC5)s4)nc(Cl)c23)CC1. The Balaban J connectivity index is 1.44. The number of piperidine rings is 1. The maximum Gasteiger partial charge on any atom is 0.184 e. The van der Waals surface area contributed by atoms with Crippen LogP contribution in [0.2, 0.25) is 5.15 Å². The van der Waals surface area contributed by atoms with Crippen LogP contribution in [0.15, 0.2) is 17.2 Å². The highest BCUT2D eigenvalue weighted by Crippen LogP contribution is 2.49. The molecule has 7 nitrogen and oxygen atoms in total. The fraction of sp³-hybridized carbons (Fsp3) is 0.565. The standard InChI is InChI=1S/C23H26ClN7S2/c1-22(5-6-22)29-33-15-11-16(14-3-9-30(2)10-4-14)17-18(24)26-19(31(17)12-15)20-27-28-21(32-20)23(13-25)7-8-23/h11-12,14,29H,3-10H2,1-2H3. The third kappa shape index (κ3) is 3.96. The van der Waals surface area contributed by atoms with Crippen LogP contribution in [-0.4, -0.2) is 50.2 Å². The number of nitrogens with zero attached hydrogens (tertiary/aromatic N) is 6. The number of imidazole rings is 1.